The van der Waals surface area contributed by atoms with E-state index in [4.69, 9.17) is 22.1 Å². The number of ether oxygens (including phenoxy) is 1. The SMILES string of the molecule is COc1cc(C(=O)CC(CN)CC(C)C)ccc1Cl. The van der Waals surface area contributed by atoms with Crippen LogP contribution in [0.5, 0.6) is 5.75 Å². The molecular weight excluding hydrogens is 262 g/mol. The second kappa shape index (κ2) is 7.51. The van der Waals surface area contributed by atoms with Crippen LogP contribution in [0.3, 0.4) is 0 Å². The average Bonchev–Trinajstić information content (AvgIpc) is 2.37. The predicted molar refractivity (Wildman–Crippen MR) is 79.0 cm³/mol. The molecule has 4 heteroatoms. The maximum Gasteiger partial charge on any atom is 0.163 e. The number of carbonyl (C=O) groups is 1. The minimum Gasteiger partial charge on any atom is -0.495 e. The number of methoxy groups -OCH3 is 1. The Kier molecular flexibility index (Phi) is 6.32. The van der Waals surface area contributed by atoms with Crippen molar-refractivity contribution >= 4 is 17.4 Å². The standard InChI is InChI=1S/C15H22ClNO2/c1-10(2)6-11(9-17)7-14(18)12-4-5-13(16)15(8-12)19-3/h4-5,8,10-11H,6-7,9,17H2,1-3H3. The minimum atomic E-state index is 0.0890. The zero-order valence-electron chi connectivity index (χ0n) is 11.8. The van der Waals surface area contributed by atoms with Gasteiger partial charge in [0.15, 0.2) is 5.78 Å². The molecule has 0 aliphatic carbocycles. The molecule has 3 nitrogen and oxygen atoms in total. The van der Waals surface area contributed by atoms with Crippen LogP contribution in [0.2, 0.25) is 5.02 Å². The third-order valence-electron chi connectivity index (χ3n) is 3.09. The van der Waals surface area contributed by atoms with Crippen molar-refractivity contribution in [1.82, 2.24) is 0 Å². The molecule has 0 aliphatic rings. The quantitative estimate of drug-likeness (QED) is 0.779. The molecule has 0 fully saturated rings. The van der Waals surface area contributed by atoms with E-state index in [2.05, 4.69) is 13.8 Å². The second-order valence-corrected chi connectivity index (χ2v) is 5.62. The molecule has 0 amide bonds. The molecule has 0 heterocycles. The van der Waals surface area contributed by atoms with Gasteiger partial charge in [-0.3, -0.25) is 4.79 Å². The summed E-state index contributed by atoms with van der Waals surface area (Å²) < 4.78 is 5.12. The number of ketones is 1. The Morgan fingerprint density at radius 2 is 2.11 bits per heavy atom. The Bertz CT molecular complexity index is 432. The summed E-state index contributed by atoms with van der Waals surface area (Å²) in [5, 5.41) is 0.511. The van der Waals surface area contributed by atoms with Gasteiger partial charge in [-0.1, -0.05) is 25.4 Å². The van der Waals surface area contributed by atoms with E-state index in [0.717, 1.165) is 6.42 Å². The Hall–Kier alpha value is -1.06. The fraction of sp³-hybridized carbons (Fsp3) is 0.533. The smallest absolute Gasteiger partial charge is 0.163 e. The number of rotatable bonds is 7. The number of carbonyl (C=O) groups excluding carboxylic acids is 1. The lowest BCUT2D eigenvalue weighted by Gasteiger charge is -2.16. The fourth-order valence-corrected chi connectivity index (χ4v) is 2.34. The van der Waals surface area contributed by atoms with E-state index in [1.54, 1.807) is 18.2 Å². The summed E-state index contributed by atoms with van der Waals surface area (Å²) in [6.45, 7) is 4.81. The maximum absolute atomic E-state index is 12.2. The Balaban J connectivity index is 2.77. The summed E-state index contributed by atoms with van der Waals surface area (Å²) in [6, 6.07) is 5.11. The van der Waals surface area contributed by atoms with E-state index < -0.39 is 0 Å². The number of nitrogens with two attached hydrogens (primary N) is 1. The molecule has 19 heavy (non-hydrogen) atoms. The van der Waals surface area contributed by atoms with E-state index in [1.807, 2.05) is 0 Å². The van der Waals surface area contributed by atoms with E-state index in [9.17, 15) is 4.79 Å². The number of hydrogen-bond donors (Lipinski definition) is 1. The van der Waals surface area contributed by atoms with Crippen LogP contribution >= 0.6 is 11.6 Å². The van der Waals surface area contributed by atoms with E-state index >= 15 is 0 Å². The Morgan fingerprint density at radius 3 is 2.63 bits per heavy atom. The molecule has 1 atom stereocenters. The molecule has 0 radical (unpaired) electrons. The topological polar surface area (TPSA) is 52.3 Å². The molecule has 106 valence electrons. The second-order valence-electron chi connectivity index (χ2n) is 5.21. The molecule has 1 rings (SSSR count). The van der Waals surface area contributed by atoms with Gasteiger partial charge in [0.25, 0.3) is 0 Å². The van der Waals surface area contributed by atoms with Crippen molar-refractivity contribution in [2.75, 3.05) is 13.7 Å². The molecule has 1 aromatic rings. The van der Waals surface area contributed by atoms with Crippen LogP contribution in [0, 0.1) is 11.8 Å². The monoisotopic (exact) mass is 283 g/mol. The van der Waals surface area contributed by atoms with Gasteiger partial charge in [-0.15, -0.1) is 0 Å². The van der Waals surface area contributed by atoms with Crippen molar-refractivity contribution < 1.29 is 9.53 Å². The first-order valence-electron chi connectivity index (χ1n) is 6.54. The van der Waals surface area contributed by atoms with Crippen LogP contribution in [0.15, 0.2) is 18.2 Å². The molecule has 0 spiro atoms. The molecule has 1 aromatic carbocycles. The average molecular weight is 284 g/mol. The third kappa shape index (κ3) is 4.84. The highest BCUT2D eigenvalue weighted by Crippen LogP contribution is 2.26. The fourth-order valence-electron chi connectivity index (χ4n) is 2.14. The zero-order valence-corrected chi connectivity index (χ0v) is 12.5. The summed E-state index contributed by atoms with van der Waals surface area (Å²) >= 11 is 5.95. The number of Topliss-reactive ketones (excluding diaryl/α,β-unsaturated/α-hetero) is 1. The zero-order chi connectivity index (χ0) is 14.4. The molecule has 0 saturated carbocycles. The third-order valence-corrected chi connectivity index (χ3v) is 3.40. The highest BCUT2D eigenvalue weighted by atomic mass is 35.5. The van der Waals surface area contributed by atoms with Gasteiger partial charge in [0.1, 0.15) is 5.75 Å². The number of benzene rings is 1. The van der Waals surface area contributed by atoms with Crippen LogP contribution in [-0.2, 0) is 0 Å². The van der Waals surface area contributed by atoms with Crippen LogP contribution in [-0.4, -0.2) is 19.4 Å². The molecule has 0 saturated heterocycles. The van der Waals surface area contributed by atoms with E-state index in [-0.39, 0.29) is 11.7 Å². The molecule has 0 bridgehead atoms. The largest absolute Gasteiger partial charge is 0.495 e. The van der Waals surface area contributed by atoms with Crippen molar-refractivity contribution in [3.05, 3.63) is 28.8 Å². The van der Waals surface area contributed by atoms with Crippen molar-refractivity contribution in [2.45, 2.75) is 26.7 Å². The summed E-state index contributed by atoms with van der Waals surface area (Å²) in [5.74, 6) is 1.39. The summed E-state index contributed by atoms with van der Waals surface area (Å²) in [6.07, 6.45) is 1.44. The minimum absolute atomic E-state index is 0.0890. The summed E-state index contributed by atoms with van der Waals surface area (Å²) in [7, 11) is 1.54. The van der Waals surface area contributed by atoms with Crippen molar-refractivity contribution in [3.63, 3.8) is 0 Å². The lowest BCUT2D eigenvalue weighted by Crippen LogP contribution is -2.20. The molecule has 0 aromatic heterocycles. The first kappa shape index (κ1) is 16.0. The van der Waals surface area contributed by atoms with Crippen LogP contribution < -0.4 is 10.5 Å². The van der Waals surface area contributed by atoms with Crippen LogP contribution in [0.25, 0.3) is 0 Å². The van der Waals surface area contributed by atoms with Crippen molar-refractivity contribution in [3.8, 4) is 5.75 Å². The van der Waals surface area contributed by atoms with E-state index in [0.29, 0.717) is 35.2 Å². The van der Waals surface area contributed by atoms with Crippen LogP contribution in [0.4, 0.5) is 0 Å². The molecular formula is C15H22ClNO2. The highest BCUT2D eigenvalue weighted by molar-refractivity contribution is 6.32. The lowest BCUT2D eigenvalue weighted by atomic mass is 9.91. The lowest BCUT2D eigenvalue weighted by molar-refractivity contribution is 0.0957. The van der Waals surface area contributed by atoms with Gasteiger partial charge in [-0.2, -0.15) is 0 Å². The van der Waals surface area contributed by atoms with Gasteiger partial charge in [0.2, 0.25) is 0 Å². The molecule has 2 N–H and O–H groups in total. The van der Waals surface area contributed by atoms with E-state index in [1.165, 1.54) is 7.11 Å². The molecule has 0 aliphatic heterocycles. The van der Waals surface area contributed by atoms with Crippen molar-refractivity contribution in [2.24, 2.45) is 17.6 Å². The first-order chi connectivity index (χ1) is 8.97. The Morgan fingerprint density at radius 1 is 1.42 bits per heavy atom. The Labute approximate surface area is 120 Å². The number of halogens is 1. The summed E-state index contributed by atoms with van der Waals surface area (Å²) in [4.78, 5) is 12.2. The van der Waals surface area contributed by atoms with Gasteiger partial charge >= 0.3 is 0 Å². The predicted octanol–water partition coefficient (Wildman–Crippen LogP) is 3.54. The first-order valence-corrected chi connectivity index (χ1v) is 6.92. The van der Waals surface area contributed by atoms with Gasteiger partial charge in [0.05, 0.1) is 12.1 Å². The van der Waals surface area contributed by atoms with Gasteiger partial charge in [0, 0.05) is 12.0 Å². The maximum atomic E-state index is 12.2. The highest BCUT2D eigenvalue weighted by Gasteiger charge is 2.16. The van der Waals surface area contributed by atoms with Crippen molar-refractivity contribution in [1.29, 1.82) is 0 Å². The van der Waals surface area contributed by atoms with Gasteiger partial charge in [-0.05, 0) is 43.0 Å². The summed E-state index contributed by atoms with van der Waals surface area (Å²) in [5.41, 5.74) is 6.36. The number of hydrogen-bond acceptors (Lipinski definition) is 3. The van der Waals surface area contributed by atoms with Crippen LogP contribution in [0.1, 0.15) is 37.0 Å². The van der Waals surface area contributed by atoms with Gasteiger partial charge < -0.3 is 10.5 Å². The molecule has 1 unspecified atom stereocenters. The normalized spacial score (nSPS) is 12.5. The van der Waals surface area contributed by atoms with Gasteiger partial charge in [-0.25, -0.2) is 0 Å².